The van der Waals surface area contributed by atoms with Crippen molar-refractivity contribution in [3.63, 3.8) is 0 Å². The van der Waals surface area contributed by atoms with Gasteiger partial charge in [-0.1, -0.05) is 30.4 Å². The molecule has 1 aliphatic heterocycles. The van der Waals surface area contributed by atoms with Crippen molar-refractivity contribution < 1.29 is 9.59 Å². The van der Waals surface area contributed by atoms with E-state index < -0.39 is 0 Å². The Morgan fingerprint density at radius 2 is 1.75 bits per heavy atom. The Kier molecular flexibility index (Phi) is 6.55. The first-order valence-corrected chi connectivity index (χ1v) is 8.50. The highest BCUT2D eigenvalue weighted by atomic mass is 16.2. The molecule has 5 heteroatoms. The number of nitrogens with zero attached hydrogens (tertiary/aromatic N) is 3. The number of benzene rings is 1. The van der Waals surface area contributed by atoms with E-state index in [2.05, 4.69) is 11.5 Å². The van der Waals surface area contributed by atoms with Gasteiger partial charge < -0.3 is 9.80 Å². The minimum atomic E-state index is 0.0686. The minimum Gasteiger partial charge on any atom is -0.338 e. The lowest BCUT2D eigenvalue weighted by atomic mass is 10.2. The molecule has 0 bridgehead atoms. The Balaban J connectivity index is 1.83. The molecule has 0 unspecified atom stereocenters. The number of hydrogen-bond acceptors (Lipinski definition) is 3. The van der Waals surface area contributed by atoms with Crippen molar-refractivity contribution >= 4 is 11.8 Å². The van der Waals surface area contributed by atoms with Gasteiger partial charge in [0.15, 0.2) is 0 Å². The van der Waals surface area contributed by atoms with Gasteiger partial charge in [0.05, 0.1) is 6.54 Å². The summed E-state index contributed by atoms with van der Waals surface area (Å²) >= 11 is 0. The molecule has 2 rings (SSSR count). The normalized spacial score (nSPS) is 15.2. The smallest absolute Gasteiger partial charge is 0.253 e. The maximum absolute atomic E-state index is 12.4. The summed E-state index contributed by atoms with van der Waals surface area (Å²) in [7, 11) is 0. The summed E-state index contributed by atoms with van der Waals surface area (Å²) in [5, 5.41) is 0. The predicted octanol–water partition coefficient (Wildman–Crippen LogP) is 1.87. The largest absolute Gasteiger partial charge is 0.338 e. The molecule has 0 spiro atoms. The molecule has 1 saturated heterocycles. The number of likely N-dealkylation sites (N-methyl/N-ethyl adjacent to an activating group) is 1. The summed E-state index contributed by atoms with van der Waals surface area (Å²) in [5.41, 5.74) is 1.71. The van der Waals surface area contributed by atoms with Gasteiger partial charge in [-0.25, -0.2) is 0 Å². The molecule has 5 nitrogen and oxygen atoms in total. The number of piperazine rings is 1. The van der Waals surface area contributed by atoms with Gasteiger partial charge in [-0.2, -0.15) is 0 Å². The summed E-state index contributed by atoms with van der Waals surface area (Å²) in [6, 6.07) is 9.35. The van der Waals surface area contributed by atoms with Crippen LogP contribution in [-0.2, 0) is 4.79 Å². The topological polar surface area (TPSA) is 43.9 Å². The van der Waals surface area contributed by atoms with E-state index in [0.29, 0.717) is 32.7 Å². The number of carbonyl (C=O) groups is 2. The maximum Gasteiger partial charge on any atom is 0.253 e. The van der Waals surface area contributed by atoms with Gasteiger partial charge in [0.25, 0.3) is 5.91 Å². The zero-order valence-electron chi connectivity index (χ0n) is 14.7. The average molecular weight is 329 g/mol. The summed E-state index contributed by atoms with van der Waals surface area (Å²) in [4.78, 5) is 30.6. The summed E-state index contributed by atoms with van der Waals surface area (Å²) in [6.45, 7) is 12.3. The second-order valence-corrected chi connectivity index (χ2v) is 6.30. The predicted molar refractivity (Wildman–Crippen MR) is 95.9 cm³/mol. The molecule has 0 aromatic heterocycles. The van der Waals surface area contributed by atoms with Crippen LogP contribution in [0.1, 0.15) is 24.2 Å². The lowest BCUT2D eigenvalue weighted by molar-refractivity contribution is -0.132. The highest BCUT2D eigenvalue weighted by Crippen LogP contribution is 2.09. The van der Waals surface area contributed by atoms with Crippen molar-refractivity contribution in [2.24, 2.45) is 0 Å². The molecule has 24 heavy (non-hydrogen) atoms. The molecule has 1 aliphatic rings. The van der Waals surface area contributed by atoms with Crippen LogP contribution < -0.4 is 0 Å². The summed E-state index contributed by atoms with van der Waals surface area (Å²) < 4.78 is 0. The molecule has 0 atom stereocenters. The molecule has 0 saturated carbocycles. The van der Waals surface area contributed by atoms with Crippen LogP contribution in [0.4, 0.5) is 0 Å². The molecule has 1 fully saturated rings. The van der Waals surface area contributed by atoms with E-state index in [1.165, 1.54) is 0 Å². The SMILES string of the molecule is C=C(C)CN(CC)C(=O)CN1CCN(C(=O)c2ccccc2)CC1. The van der Waals surface area contributed by atoms with Gasteiger partial charge in [0, 0.05) is 44.8 Å². The first-order chi connectivity index (χ1) is 11.5. The first kappa shape index (κ1) is 18.2. The fourth-order valence-corrected chi connectivity index (χ4v) is 2.87. The molecule has 0 aliphatic carbocycles. The van der Waals surface area contributed by atoms with Crippen LogP contribution in [0.25, 0.3) is 0 Å². The monoisotopic (exact) mass is 329 g/mol. The summed E-state index contributed by atoms with van der Waals surface area (Å²) in [6.07, 6.45) is 0. The van der Waals surface area contributed by atoms with Crippen molar-refractivity contribution in [3.05, 3.63) is 48.0 Å². The molecule has 0 radical (unpaired) electrons. The van der Waals surface area contributed by atoms with E-state index in [0.717, 1.165) is 24.2 Å². The third kappa shape index (κ3) is 4.93. The van der Waals surface area contributed by atoms with Crippen LogP contribution in [0, 0.1) is 0 Å². The Bertz CT molecular complexity index is 578. The van der Waals surface area contributed by atoms with Crippen LogP contribution in [0.5, 0.6) is 0 Å². The van der Waals surface area contributed by atoms with E-state index >= 15 is 0 Å². The second-order valence-electron chi connectivity index (χ2n) is 6.30. The third-order valence-electron chi connectivity index (χ3n) is 4.23. The van der Waals surface area contributed by atoms with E-state index in [1.807, 2.05) is 54.0 Å². The van der Waals surface area contributed by atoms with Crippen molar-refractivity contribution in [3.8, 4) is 0 Å². The number of carbonyl (C=O) groups excluding carboxylic acids is 2. The van der Waals surface area contributed by atoms with Gasteiger partial charge in [-0.3, -0.25) is 14.5 Å². The van der Waals surface area contributed by atoms with Crippen LogP contribution in [-0.4, -0.2) is 72.3 Å². The van der Waals surface area contributed by atoms with Crippen LogP contribution in [0.2, 0.25) is 0 Å². The van der Waals surface area contributed by atoms with Crippen molar-refractivity contribution in [1.29, 1.82) is 0 Å². The van der Waals surface area contributed by atoms with Crippen molar-refractivity contribution in [2.45, 2.75) is 13.8 Å². The average Bonchev–Trinajstić information content (AvgIpc) is 2.60. The molecule has 0 N–H and O–H groups in total. The molecular weight excluding hydrogens is 302 g/mol. The lowest BCUT2D eigenvalue weighted by Gasteiger charge is -2.35. The van der Waals surface area contributed by atoms with Crippen LogP contribution >= 0.6 is 0 Å². The van der Waals surface area contributed by atoms with Crippen LogP contribution in [0.15, 0.2) is 42.5 Å². The number of rotatable bonds is 6. The second kappa shape index (κ2) is 8.64. The lowest BCUT2D eigenvalue weighted by Crippen LogP contribution is -2.51. The van der Waals surface area contributed by atoms with E-state index in [1.54, 1.807) is 0 Å². The fraction of sp³-hybridized carbons (Fsp3) is 0.474. The van der Waals surface area contributed by atoms with E-state index in [4.69, 9.17) is 0 Å². The molecular formula is C19H27N3O2. The van der Waals surface area contributed by atoms with Crippen molar-refractivity contribution in [2.75, 3.05) is 45.8 Å². The third-order valence-corrected chi connectivity index (χ3v) is 4.23. The Morgan fingerprint density at radius 3 is 2.29 bits per heavy atom. The number of amides is 2. The Morgan fingerprint density at radius 1 is 1.12 bits per heavy atom. The van der Waals surface area contributed by atoms with E-state index in [9.17, 15) is 9.59 Å². The molecule has 1 aromatic carbocycles. The van der Waals surface area contributed by atoms with Gasteiger partial charge in [-0.05, 0) is 26.0 Å². The van der Waals surface area contributed by atoms with Gasteiger partial charge >= 0.3 is 0 Å². The zero-order valence-corrected chi connectivity index (χ0v) is 14.7. The molecule has 130 valence electrons. The quantitative estimate of drug-likeness (QED) is 0.749. The molecule has 1 heterocycles. The minimum absolute atomic E-state index is 0.0686. The van der Waals surface area contributed by atoms with Crippen LogP contribution in [0.3, 0.4) is 0 Å². The van der Waals surface area contributed by atoms with Gasteiger partial charge in [0.2, 0.25) is 5.91 Å². The Hall–Kier alpha value is -2.14. The van der Waals surface area contributed by atoms with Gasteiger partial charge in [0.1, 0.15) is 0 Å². The number of hydrogen-bond donors (Lipinski definition) is 0. The highest BCUT2D eigenvalue weighted by Gasteiger charge is 2.24. The Labute approximate surface area is 144 Å². The zero-order chi connectivity index (χ0) is 17.5. The molecule has 2 amide bonds. The van der Waals surface area contributed by atoms with E-state index in [-0.39, 0.29) is 11.8 Å². The summed E-state index contributed by atoms with van der Waals surface area (Å²) in [5.74, 6) is 0.197. The standard InChI is InChI=1S/C19H27N3O2/c1-4-21(14-16(2)3)18(23)15-20-10-12-22(13-11-20)19(24)17-8-6-5-7-9-17/h5-9H,2,4,10-15H2,1,3H3. The first-order valence-electron chi connectivity index (χ1n) is 8.50. The highest BCUT2D eigenvalue weighted by molar-refractivity contribution is 5.94. The molecule has 1 aromatic rings. The van der Waals surface area contributed by atoms with Crippen molar-refractivity contribution in [1.82, 2.24) is 14.7 Å². The fourth-order valence-electron chi connectivity index (χ4n) is 2.87. The maximum atomic E-state index is 12.4. The van der Waals surface area contributed by atoms with Gasteiger partial charge in [-0.15, -0.1) is 0 Å².